The van der Waals surface area contributed by atoms with Crippen LogP contribution in [0.2, 0.25) is 0 Å². The molecule has 1 aliphatic carbocycles. The molecular formula is C26H28N2O3. The molecule has 3 aliphatic rings. The predicted octanol–water partition coefficient (Wildman–Crippen LogP) is 4.56. The predicted molar refractivity (Wildman–Crippen MR) is 121 cm³/mol. The van der Waals surface area contributed by atoms with Gasteiger partial charge in [0.05, 0.1) is 12.2 Å². The topological polar surface area (TPSA) is 49.9 Å². The second-order valence-corrected chi connectivity index (χ2v) is 8.48. The lowest BCUT2D eigenvalue weighted by Gasteiger charge is -2.30. The fourth-order valence-corrected chi connectivity index (χ4v) is 5.17. The number of carbonyl (C=O) groups is 2. The lowest BCUT2D eigenvalue weighted by molar-refractivity contribution is -0.140. The highest BCUT2D eigenvalue weighted by Crippen LogP contribution is 2.40. The van der Waals surface area contributed by atoms with E-state index < -0.39 is 0 Å². The smallest absolute Gasteiger partial charge is 0.278 e. The Bertz CT molecular complexity index is 1030. The molecular weight excluding hydrogens is 388 g/mol. The van der Waals surface area contributed by atoms with Crippen molar-refractivity contribution in [1.29, 1.82) is 0 Å². The van der Waals surface area contributed by atoms with E-state index in [4.69, 9.17) is 4.74 Å². The molecule has 1 saturated carbocycles. The first kappa shape index (κ1) is 19.9. The zero-order chi connectivity index (χ0) is 21.4. The Morgan fingerprint density at radius 3 is 2.42 bits per heavy atom. The molecule has 0 N–H and O–H groups in total. The average Bonchev–Trinajstić information content (AvgIpc) is 3.33. The average molecular weight is 417 g/mol. The van der Waals surface area contributed by atoms with E-state index in [0.29, 0.717) is 24.4 Å². The van der Waals surface area contributed by atoms with Gasteiger partial charge in [0.2, 0.25) is 0 Å². The summed E-state index contributed by atoms with van der Waals surface area (Å²) < 4.78 is 5.57. The van der Waals surface area contributed by atoms with Gasteiger partial charge in [-0.25, -0.2) is 0 Å². The molecule has 0 radical (unpaired) electrons. The summed E-state index contributed by atoms with van der Waals surface area (Å²) >= 11 is 0. The van der Waals surface area contributed by atoms with Crippen molar-refractivity contribution in [3.8, 4) is 5.75 Å². The quantitative estimate of drug-likeness (QED) is 0.671. The summed E-state index contributed by atoms with van der Waals surface area (Å²) in [6.07, 6.45) is 6.00. The SMILES string of the molecule is CCOc1ccc(C2=C(N3CCc4ccccc43)C(=O)N(C3CCCCC3)C2=O)cc1. The van der Waals surface area contributed by atoms with Gasteiger partial charge in [-0.05, 0) is 55.5 Å². The van der Waals surface area contributed by atoms with Gasteiger partial charge in [0, 0.05) is 18.3 Å². The monoisotopic (exact) mass is 416 g/mol. The molecule has 1 fully saturated rings. The number of hydrogen-bond donors (Lipinski definition) is 0. The van der Waals surface area contributed by atoms with E-state index in [9.17, 15) is 9.59 Å². The van der Waals surface area contributed by atoms with Crippen molar-refractivity contribution in [2.24, 2.45) is 0 Å². The summed E-state index contributed by atoms with van der Waals surface area (Å²) in [6, 6.07) is 15.7. The molecule has 0 saturated heterocycles. The molecule has 5 heteroatoms. The van der Waals surface area contributed by atoms with E-state index in [1.807, 2.05) is 49.4 Å². The van der Waals surface area contributed by atoms with Crippen LogP contribution in [0.3, 0.4) is 0 Å². The number of nitrogens with zero attached hydrogens (tertiary/aromatic N) is 2. The van der Waals surface area contributed by atoms with Gasteiger partial charge in [-0.1, -0.05) is 49.6 Å². The number of ether oxygens (including phenoxy) is 1. The van der Waals surface area contributed by atoms with E-state index in [2.05, 4.69) is 11.0 Å². The lowest BCUT2D eigenvalue weighted by atomic mass is 9.94. The highest BCUT2D eigenvalue weighted by molar-refractivity contribution is 6.37. The van der Waals surface area contributed by atoms with Gasteiger partial charge < -0.3 is 9.64 Å². The highest BCUT2D eigenvalue weighted by Gasteiger charge is 2.46. The third-order valence-electron chi connectivity index (χ3n) is 6.64. The van der Waals surface area contributed by atoms with E-state index in [1.165, 1.54) is 12.0 Å². The number of fused-ring (bicyclic) bond motifs is 1. The lowest BCUT2D eigenvalue weighted by Crippen LogP contribution is -2.43. The second kappa shape index (κ2) is 8.22. The van der Waals surface area contributed by atoms with Crippen LogP contribution in [0.4, 0.5) is 5.69 Å². The van der Waals surface area contributed by atoms with E-state index in [1.54, 1.807) is 4.90 Å². The van der Waals surface area contributed by atoms with Crippen LogP contribution >= 0.6 is 0 Å². The van der Waals surface area contributed by atoms with E-state index in [0.717, 1.165) is 49.1 Å². The number of anilines is 1. The number of amides is 2. The molecule has 5 nitrogen and oxygen atoms in total. The van der Waals surface area contributed by atoms with Gasteiger partial charge in [0.15, 0.2) is 0 Å². The zero-order valence-corrected chi connectivity index (χ0v) is 18.0. The molecule has 0 spiro atoms. The van der Waals surface area contributed by atoms with Crippen LogP contribution in [0, 0.1) is 0 Å². The van der Waals surface area contributed by atoms with Gasteiger partial charge >= 0.3 is 0 Å². The van der Waals surface area contributed by atoms with Crippen molar-refractivity contribution in [1.82, 2.24) is 4.90 Å². The third-order valence-corrected chi connectivity index (χ3v) is 6.64. The van der Waals surface area contributed by atoms with Gasteiger partial charge in [0.1, 0.15) is 11.4 Å². The summed E-state index contributed by atoms with van der Waals surface area (Å²) in [5, 5.41) is 0. The molecule has 0 aromatic heterocycles. The maximum Gasteiger partial charge on any atom is 0.278 e. The summed E-state index contributed by atoms with van der Waals surface area (Å²) in [5.74, 6) is 0.471. The van der Waals surface area contributed by atoms with E-state index in [-0.39, 0.29) is 17.9 Å². The number of carbonyl (C=O) groups excluding carboxylic acids is 2. The van der Waals surface area contributed by atoms with Crippen LogP contribution in [0.25, 0.3) is 5.57 Å². The second-order valence-electron chi connectivity index (χ2n) is 8.48. The molecule has 0 atom stereocenters. The van der Waals surface area contributed by atoms with Crippen molar-refractivity contribution >= 4 is 23.1 Å². The van der Waals surface area contributed by atoms with Gasteiger partial charge in [-0.2, -0.15) is 0 Å². The van der Waals surface area contributed by atoms with Gasteiger partial charge in [-0.15, -0.1) is 0 Å². The van der Waals surface area contributed by atoms with Crippen molar-refractivity contribution in [3.05, 3.63) is 65.4 Å². The van der Waals surface area contributed by atoms with Gasteiger partial charge in [0.25, 0.3) is 11.8 Å². The minimum Gasteiger partial charge on any atom is -0.494 e. The minimum absolute atomic E-state index is 0.00166. The molecule has 0 bridgehead atoms. The molecule has 2 aliphatic heterocycles. The van der Waals surface area contributed by atoms with Crippen LogP contribution < -0.4 is 9.64 Å². The Balaban J connectivity index is 1.59. The fraction of sp³-hybridized carbons (Fsp3) is 0.385. The van der Waals surface area contributed by atoms with Crippen LogP contribution in [0.1, 0.15) is 50.2 Å². The number of benzene rings is 2. The molecule has 2 aromatic carbocycles. The number of imide groups is 1. The molecule has 160 valence electrons. The summed E-state index contributed by atoms with van der Waals surface area (Å²) in [4.78, 5) is 31.1. The normalized spacial score (nSPS) is 19.4. The summed E-state index contributed by atoms with van der Waals surface area (Å²) in [5.41, 5.74) is 4.09. The molecule has 2 heterocycles. The minimum atomic E-state index is -0.152. The standard InChI is InChI=1S/C26H28N2O3/c1-2-31-21-14-12-19(13-15-21)23-24(27-17-16-18-8-6-7-11-22(18)27)26(30)28(25(23)29)20-9-4-3-5-10-20/h6-8,11-15,20H,2-5,9-10,16-17H2,1H3. The Labute approximate surface area is 183 Å². The van der Waals surface area contributed by atoms with Crippen LogP contribution in [-0.2, 0) is 16.0 Å². The number of hydrogen-bond acceptors (Lipinski definition) is 4. The zero-order valence-electron chi connectivity index (χ0n) is 18.0. The maximum absolute atomic E-state index is 13.7. The Morgan fingerprint density at radius 2 is 1.68 bits per heavy atom. The van der Waals surface area contributed by atoms with E-state index >= 15 is 0 Å². The molecule has 2 aromatic rings. The van der Waals surface area contributed by atoms with Gasteiger partial charge in [-0.3, -0.25) is 14.5 Å². The molecule has 5 rings (SSSR count). The Hall–Kier alpha value is -3.08. The molecule has 2 amide bonds. The first-order chi connectivity index (χ1) is 15.2. The Kier molecular flexibility index (Phi) is 5.26. The molecule has 31 heavy (non-hydrogen) atoms. The summed E-state index contributed by atoms with van der Waals surface area (Å²) in [6.45, 7) is 3.25. The maximum atomic E-state index is 13.7. The fourth-order valence-electron chi connectivity index (χ4n) is 5.17. The first-order valence-corrected chi connectivity index (χ1v) is 11.4. The van der Waals surface area contributed by atoms with Crippen molar-refractivity contribution in [2.75, 3.05) is 18.1 Å². The van der Waals surface area contributed by atoms with Crippen LogP contribution in [0.5, 0.6) is 5.75 Å². The molecule has 0 unspecified atom stereocenters. The van der Waals surface area contributed by atoms with Crippen molar-refractivity contribution in [2.45, 2.75) is 51.5 Å². The largest absolute Gasteiger partial charge is 0.494 e. The van der Waals surface area contributed by atoms with Crippen LogP contribution in [-0.4, -0.2) is 35.9 Å². The highest BCUT2D eigenvalue weighted by atomic mass is 16.5. The van der Waals surface area contributed by atoms with Crippen molar-refractivity contribution < 1.29 is 14.3 Å². The van der Waals surface area contributed by atoms with Crippen LogP contribution in [0.15, 0.2) is 54.2 Å². The third kappa shape index (κ3) is 3.42. The number of rotatable bonds is 5. The first-order valence-electron chi connectivity index (χ1n) is 11.4. The summed E-state index contributed by atoms with van der Waals surface area (Å²) in [7, 11) is 0. The Morgan fingerprint density at radius 1 is 0.935 bits per heavy atom. The number of para-hydroxylation sites is 1. The van der Waals surface area contributed by atoms with Crippen molar-refractivity contribution in [3.63, 3.8) is 0 Å².